The quantitative estimate of drug-likeness (QED) is 0.422. The Morgan fingerprint density at radius 2 is 1.58 bits per heavy atom. The van der Waals surface area contributed by atoms with Crippen molar-refractivity contribution in [2.75, 3.05) is 23.3 Å². The minimum absolute atomic E-state index is 0.0899. The molecule has 0 aliphatic rings. The van der Waals surface area contributed by atoms with Gasteiger partial charge < -0.3 is 10.1 Å². The van der Waals surface area contributed by atoms with E-state index in [0.717, 1.165) is 20.6 Å². The number of fused-ring (bicyclic) bond motifs is 1. The molecule has 0 aliphatic carbocycles. The number of methoxy groups -OCH3 is 1. The van der Waals surface area contributed by atoms with Crippen LogP contribution in [0.25, 0.3) is 10.8 Å². The average Bonchev–Trinajstić information content (AvgIpc) is 2.83. The first-order chi connectivity index (χ1) is 15.9. The Hall–Kier alpha value is -3.84. The second-order valence-corrected chi connectivity index (χ2v) is 9.47. The van der Waals surface area contributed by atoms with Gasteiger partial charge in [0.15, 0.2) is 0 Å². The van der Waals surface area contributed by atoms with Gasteiger partial charge in [-0.15, -0.1) is 0 Å². The predicted octanol–water partition coefficient (Wildman–Crippen LogP) is 4.99. The zero-order valence-corrected chi connectivity index (χ0v) is 19.2. The number of ether oxygens (including phenoxy) is 1. The van der Waals surface area contributed by atoms with E-state index in [-0.39, 0.29) is 4.90 Å². The number of benzene rings is 4. The van der Waals surface area contributed by atoms with E-state index >= 15 is 0 Å². The van der Waals surface area contributed by atoms with Gasteiger partial charge in [-0.25, -0.2) is 8.42 Å². The Labute approximate surface area is 193 Å². The van der Waals surface area contributed by atoms with Crippen LogP contribution in [0.1, 0.15) is 5.56 Å². The molecule has 6 nitrogen and oxygen atoms in total. The molecule has 0 bridgehead atoms. The third kappa shape index (κ3) is 4.83. The van der Waals surface area contributed by atoms with E-state index in [9.17, 15) is 13.2 Å². The van der Waals surface area contributed by atoms with Crippen molar-refractivity contribution in [2.45, 2.75) is 11.8 Å². The summed E-state index contributed by atoms with van der Waals surface area (Å²) in [5.41, 5.74) is 1.73. The topological polar surface area (TPSA) is 75.7 Å². The molecule has 33 heavy (non-hydrogen) atoms. The van der Waals surface area contributed by atoms with E-state index in [4.69, 9.17) is 4.74 Å². The van der Waals surface area contributed by atoms with Crippen LogP contribution < -0.4 is 14.4 Å². The van der Waals surface area contributed by atoms with E-state index < -0.39 is 22.5 Å². The number of carbonyl (C=O) groups is 1. The summed E-state index contributed by atoms with van der Waals surface area (Å²) in [4.78, 5) is 13.1. The van der Waals surface area contributed by atoms with Gasteiger partial charge in [0.1, 0.15) is 12.3 Å². The molecule has 0 spiro atoms. The number of hydrogen-bond donors (Lipinski definition) is 1. The van der Waals surface area contributed by atoms with Crippen molar-refractivity contribution in [3.63, 3.8) is 0 Å². The summed E-state index contributed by atoms with van der Waals surface area (Å²) in [6.07, 6.45) is 0. The van der Waals surface area contributed by atoms with Gasteiger partial charge in [0.05, 0.1) is 17.7 Å². The standard InChI is InChI=1S/C26H24N2O4S/c1-19-12-15-25(32-2)24(16-19)28(33(30,31)23-10-4-3-5-11-23)18-26(29)27-22-14-13-20-8-6-7-9-21(20)17-22/h3-17H,18H2,1-2H3,(H,27,29). The Morgan fingerprint density at radius 3 is 2.30 bits per heavy atom. The van der Waals surface area contributed by atoms with E-state index in [1.54, 1.807) is 36.4 Å². The van der Waals surface area contributed by atoms with Gasteiger partial charge in [-0.3, -0.25) is 9.10 Å². The first kappa shape index (κ1) is 22.4. The van der Waals surface area contributed by atoms with Gasteiger partial charge in [-0.05, 0) is 59.7 Å². The number of sulfonamides is 1. The summed E-state index contributed by atoms with van der Waals surface area (Å²) in [6.45, 7) is 1.44. The zero-order chi connectivity index (χ0) is 23.4. The number of nitrogens with one attached hydrogen (secondary N) is 1. The Balaban J connectivity index is 1.70. The summed E-state index contributed by atoms with van der Waals surface area (Å²) in [7, 11) is -2.56. The van der Waals surface area contributed by atoms with E-state index in [0.29, 0.717) is 17.1 Å². The van der Waals surface area contributed by atoms with Gasteiger partial charge in [-0.2, -0.15) is 0 Å². The second kappa shape index (κ2) is 9.34. The SMILES string of the molecule is COc1ccc(C)cc1N(CC(=O)Nc1ccc2ccccc2c1)S(=O)(=O)c1ccccc1. The zero-order valence-electron chi connectivity index (χ0n) is 18.4. The fraction of sp³-hybridized carbons (Fsp3) is 0.115. The van der Waals surface area contributed by atoms with Gasteiger partial charge in [0, 0.05) is 5.69 Å². The first-order valence-electron chi connectivity index (χ1n) is 10.4. The highest BCUT2D eigenvalue weighted by molar-refractivity contribution is 7.92. The van der Waals surface area contributed by atoms with Crippen molar-refractivity contribution < 1.29 is 17.9 Å². The maximum Gasteiger partial charge on any atom is 0.264 e. The summed E-state index contributed by atoms with van der Waals surface area (Å²) < 4.78 is 33.6. The molecule has 0 fully saturated rings. The minimum Gasteiger partial charge on any atom is -0.495 e. The van der Waals surface area contributed by atoms with Crippen LogP contribution in [0.4, 0.5) is 11.4 Å². The third-order valence-electron chi connectivity index (χ3n) is 5.25. The largest absolute Gasteiger partial charge is 0.495 e. The molecular weight excluding hydrogens is 436 g/mol. The molecule has 0 heterocycles. The molecule has 0 unspecified atom stereocenters. The smallest absolute Gasteiger partial charge is 0.264 e. The molecular formula is C26H24N2O4S. The maximum atomic E-state index is 13.6. The summed E-state index contributed by atoms with van der Waals surface area (Å²) in [6, 6.07) is 26.6. The van der Waals surface area contributed by atoms with Crippen LogP contribution in [0, 0.1) is 6.92 Å². The van der Waals surface area contributed by atoms with Crippen LogP contribution in [0.2, 0.25) is 0 Å². The predicted molar refractivity (Wildman–Crippen MR) is 131 cm³/mol. The van der Waals surface area contributed by atoms with E-state index in [2.05, 4.69) is 5.32 Å². The first-order valence-corrected chi connectivity index (χ1v) is 11.8. The fourth-order valence-electron chi connectivity index (χ4n) is 3.61. The molecule has 0 saturated heterocycles. The van der Waals surface area contributed by atoms with Crippen LogP contribution in [0.5, 0.6) is 5.75 Å². The van der Waals surface area contributed by atoms with E-state index in [1.807, 2.05) is 49.4 Å². The molecule has 1 amide bonds. The Morgan fingerprint density at radius 1 is 0.879 bits per heavy atom. The number of hydrogen-bond acceptors (Lipinski definition) is 4. The van der Waals surface area contributed by atoms with Gasteiger partial charge in [0.25, 0.3) is 10.0 Å². The van der Waals surface area contributed by atoms with Gasteiger partial charge in [0.2, 0.25) is 5.91 Å². The molecule has 4 rings (SSSR count). The minimum atomic E-state index is -4.03. The lowest BCUT2D eigenvalue weighted by molar-refractivity contribution is -0.114. The fourth-order valence-corrected chi connectivity index (χ4v) is 5.06. The number of rotatable bonds is 7. The number of carbonyl (C=O) groups excluding carboxylic acids is 1. The molecule has 168 valence electrons. The van der Waals surface area contributed by atoms with Crippen molar-refractivity contribution in [2.24, 2.45) is 0 Å². The molecule has 4 aromatic rings. The molecule has 0 saturated carbocycles. The van der Waals surface area contributed by atoms with Crippen LogP contribution in [0.3, 0.4) is 0 Å². The lowest BCUT2D eigenvalue weighted by Crippen LogP contribution is -2.38. The summed E-state index contributed by atoms with van der Waals surface area (Å²) in [5, 5.41) is 4.85. The molecule has 0 radical (unpaired) electrons. The Bertz CT molecular complexity index is 1400. The molecule has 0 aromatic heterocycles. The maximum absolute atomic E-state index is 13.6. The number of amides is 1. The molecule has 1 N–H and O–H groups in total. The number of nitrogens with zero attached hydrogens (tertiary/aromatic N) is 1. The molecule has 0 atom stereocenters. The van der Waals surface area contributed by atoms with E-state index in [1.165, 1.54) is 19.2 Å². The van der Waals surface area contributed by atoms with Crippen molar-refractivity contribution in [3.05, 3.63) is 96.6 Å². The van der Waals surface area contributed by atoms with Crippen LogP contribution >= 0.6 is 0 Å². The van der Waals surface area contributed by atoms with Crippen molar-refractivity contribution >= 4 is 38.1 Å². The van der Waals surface area contributed by atoms with Gasteiger partial charge >= 0.3 is 0 Å². The Kier molecular flexibility index (Phi) is 6.33. The molecule has 7 heteroatoms. The second-order valence-electron chi connectivity index (χ2n) is 7.61. The lowest BCUT2D eigenvalue weighted by atomic mass is 10.1. The number of anilines is 2. The van der Waals surface area contributed by atoms with Gasteiger partial charge in [-0.1, -0.05) is 54.6 Å². The highest BCUT2D eigenvalue weighted by Crippen LogP contribution is 2.33. The van der Waals surface area contributed by atoms with Crippen molar-refractivity contribution in [1.29, 1.82) is 0 Å². The van der Waals surface area contributed by atoms with Crippen LogP contribution in [-0.4, -0.2) is 28.0 Å². The van der Waals surface area contributed by atoms with Crippen LogP contribution in [0.15, 0.2) is 95.9 Å². The average molecular weight is 461 g/mol. The summed E-state index contributed by atoms with van der Waals surface area (Å²) in [5.74, 6) is -0.105. The van der Waals surface area contributed by atoms with Crippen molar-refractivity contribution in [1.82, 2.24) is 0 Å². The summed E-state index contributed by atoms with van der Waals surface area (Å²) >= 11 is 0. The normalized spacial score (nSPS) is 11.2. The highest BCUT2D eigenvalue weighted by atomic mass is 32.2. The van der Waals surface area contributed by atoms with Crippen molar-refractivity contribution in [3.8, 4) is 5.75 Å². The molecule has 0 aliphatic heterocycles. The lowest BCUT2D eigenvalue weighted by Gasteiger charge is -2.26. The third-order valence-corrected chi connectivity index (χ3v) is 7.03. The van der Waals surface area contributed by atoms with Crippen LogP contribution in [-0.2, 0) is 14.8 Å². The monoisotopic (exact) mass is 460 g/mol. The number of aryl methyl sites for hydroxylation is 1. The molecule has 4 aromatic carbocycles. The highest BCUT2D eigenvalue weighted by Gasteiger charge is 2.29.